The molecule has 0 saturated heterocycles. The molecule has 0 amide bonds. The summed E-state index contributed by atoms with van der Waals surface area (Å²) in [7, 11) is 0. The van der Waals surface area contributed by atoms with Gasteiger partial charge >= 0.3 is 11.9 Å². The summed E-state index contributed by atoms with van der Waals surface area (Å²) >= 11 is 0. The van der Waals surface area contributed by atoms with Crippen molar-refractivity contribution in [2.45, 2.75) is 290 Å². The maximum absolute atomic E-state index is 12.2. The maximum Gasteiger partial charge on any atom is 0.306 e. The molecule has 1 atom stereocenters. The van der Waals surface area contributed by atoms with Crippen LogP contribution in [0, 0.1) is 0 Å². The fourth-order valence-electron chi connectivity index (χ4n) is 7.73. The number of hydrogen-bond donors (Lipinski definition) is 1. The third kappa shape index (κ3) is 45.3. The molecule has 0 rings (SSSR count). The second-order valence-electron chi connectivity index (χ2n) is 17.3. The average Bonchev–Trinajstić information content (AvgIpc) is 3.20. The van der Waals surface area contributed by atoms with E-state index in [2.05, 4.69) is 26.0 Å². The Kier molecular flexibility index (Phi) is 46.8. The molecule has 56 heavy (non-hydrogen) atoms. The van der Waals surface area contributed by atoms with Crippen LogP contribution in [0.1, 0.15) is 284 Å². The predicted molar refractivity (Wildman–Crippen MR) is 242 cm³/mol. The number of unbranched alkanes of at least 4 members (excludes halogenated alkanes) is 37. The first-order chi connectivity index (χ1) is 27.6. The lowest BCUT2D eigenvalue weighted by molar-refractivity contribution is -0.161. The van der Waals surface area contributed by atoms with Gasteiger partial charge in [0.05, 0.1) is 6.61 Å². The first-order valence-electron chi connectivity index (χ1n) is 25.2. The van der Waals surface area contributed by atoms with E-state index >= 15 is 0 Å². The van der Waals surface area contributed by atoms with Gasteiger partial charge < -0.3 is 14.6 Å². The summed E-state index contributed by atoms with van der Waals surface area (Å²) in [5, 5.41) is 9.58. The van der Waals surface area contributed by atoms with Crippen LogP contribution in [0.4, 0.5) is 0 Å². The summed E-state index contributed by atoms with van der Waals surface area (Å²) in [5.41, 5.74) is 0. The monoisotopic (exact) mass is 791 g/mol. The molecule has 0 radical (unpaired) electrons. The summed E-state index contributed by atoms with van der Waals surface area (Å²) in [6, 6.07) is 0. The van der Waals surface area contributed by atoms with E-state index in [-0.39, 0.29) is 25.2 Å². The number of aliphatic hydroxyl groups is 1. The van der Waals surface area contributed by atoms with Crippen molar-refractivity contribution >= 4 is 11.9 Å². The summed E-state index contributed by atoms with van der Waals surface area (Å²) < 4.78 is 10.6. The first-order valence-corrected chi connectivity index (χ1v) is 25.2. The van der Waals surface area contributed by atoms with E-state index in [1.165, 1.54) is 218 Å². The molecule has 332 valence electrons. The van der Waals surface area contributed by atoms with Crippen molar-refractivity contribution in [3.63, 3.8) is 0 Å². The van der Waals surface area contributed by atoms with Gasteiger partial charge in [0, 0.05) is 12.8 Å². The lowest BCUT2D eigenvalue weighted by Gasteiger charge is -2.15. The van der Waals surface area contributed by atoms with Gasteiger partial charge in [-0.15, -0.1) is 0 Å². The van der Waals surface area contributed by atoms with Gasteiger partial charge in [-0.3, -0.25) is 9.59 Å². The number of rotatable bonds is 47. The van der Waals surface area contributed by atoms with Crippen LogP contribution < -0.4 is 0 Å². The van der Waals surface area contributed by atoms with Crippen LogP contribution in [0.15, 0.2) is 12.2 Å². The van der Waals surface area contributed by atoms with E-state index < -0.39 is 6.10 Å². The van der Waals surface area contributed by atoms with Gasteiger partial charge in [-0.25, -0.2) is 0 Å². The number of carbonyl (C=O) groups excluding carboxylic acids is 2. The van der Waals surface area contributed by atoms with Crippen molar-refractivity contribution in [3.8, 4) is 0 Å². The van der Waals surface area contributed by atoms with E-state index in [9.17, 15) is 14.7 Å². The molecule has 5 nitrogen and oxygen atoms in total. The predicted octanol–water partition coefficient (Wildman–Crippen LogP) is 16.4. The molecule has 5 heteroatoms. The van der Waals surface area contributed by atoms with Gasteiger partial charge in [-0.05, 0) is 38.5 Å². The minimum atomic E-state index is -0.769. The maximum atomic E-state index is 12.2. The number of carbonyl (C=O) groups is 2. The third-order valence-corrected chi connectivity index (χ3v) is 11.6. The molecule has 0 aliphatic carbocycles. The van der Waals surface area contributed by atoms with Crippen molar-refractivity contribution in [2.24, 2.45) is 0 Å². The van der Waals surface area contributed by atoms with Crippen LogP contribution in [-0.4, -0.2) is 36.4 Å². The minimum absolute atomic E-state index is 0.0629. The molecule has 0 bridgehead atoms. The Morgan fingerprint density at radius 1 is 0.393 bits per heavy atom. The highest BCUT2D eigenvalue weighted by Gasteiger charge is 2.16. The van der Waals surface area contributed by atoms with Crippen LogP contribution in [0.25, 0.3) is 0 Å². The molecule has 0 heterocycles. The van der Waals surface area contributed by atoms with E-state index in [4.69, 9.17) is 9.47 Å². The Morgan fingerprint density at radius 3 is 1.00 bits per heavy atom. The molecule has 0 aromatic carbocycles. The number of aliphatic hydroxyl groups excluding tert-OH is 1. The number of allylic oxidation sites excluding steroid dienone is 2. The van der Waals surface area contributed by atoms with Crippen molar-refractivity contribution < 1.29 is 24.2 Å². The Bertz CT molecular complexity index is 810. The highest BCUT2D eigenvalue weighted by atomic mass is 16.6. The highest BCUT2D eigenvalue weighted by molar-refractivity contribution is 5.70. The first kappa shape index (κ1) is 54.6. The minimum Gasteiger partial charge on any atom is -0.462 e. The zero-order chi connectivity index (χ0) is 40.7. The highest BCUT2D eigenvalue weighted by Crippen LogP contribution is 2.17. The molecule has 0 aromatic heterocycles. The lowest BCUT2D eigenvalue weighted by Crippen LogP contribution is -2.28. The van der Waals surface area contributed by atoms with Crippen LogP contribution in [0.2, 0.25) is 0 Å². The van der Waals surface area contributed by atoms with Crippen LogP contribution >= 0.6 is 0 Å². The molecule has 0 fully saturated rings. The lowest BCUT2D eigenvalue weighted by atomic mass is 10.0. The van der Waals surface area contributed by atoms with Gasteiger partial charge in [0.1, 0.15) is 6.61 Å². The third-order valence-electron chi connectivity index (χ3n) is 11.6. The number of ether oxygens (including phenoxy) is 2. The van der Waals surface area contributed by atoms with Crippen LogP contribution in [0.5, 0.6) is 0 Å². The van der Waals surface area contributed by atoms with Crippen molar-refractivity contribution in [3.05, 3.63) is 12.2 Å². The Morgan fingerprint density at radius 2 is 0.661 bits per heavy atom. The molecule has 1 N–H and O–H groups in total. The standard InChI is InChI=1S/C51H98O5/c1-3-5-7-9-11-13-15-17-18-19-20-21-22-23-24-25-26-27-28-29-30-31-32-33-34-36-37-39-41-43-45-50(53)55-48-49(47-52)56-51(54)46-44-42-40-38-35-16-14-12-10-8-6-4-2/h12,14,49,52H,3-11,13,15-48H2,1-2H3/b14-12-. The molecule has 0 aliphatic heterocycles. The number of esters is 2. The smallest absolute Gasteiger partial charge is 0.306 e. The zero-order valence-electron chi connectivity index (χ0n) is 37.9. The largest absolute Gasteiger partial charge is 0.462 e. The summed E-state index contributed by atoms with van der Waals surface area (Å²) in [5.74, 6) is -0.586. The molecule has 0 aromatic rings. The molecular weight excluding hydrogens is 693 g/mol. The van der Waals surface area contributed by atoms with Gasteiger partial charge in [-0.2, -0.15) is 0 Å². The van der Waals surface area contributed by atoms with Crippen molar-refractivity contribution in [2.75, 3.05) is 13.2 Å². The van der Waals surface area contributed by atoms with Gasteiger partial charge in [0.25, 0.3) is 0 Å². The van der Waals surface area contributed by atoms with E-state index in [1.54, 1.807) is 0 Å². The van der Waals surface area contributed by atoms with E-state index in [0.717, 1.165) is 38.5 Å². The van der Waals surface area contributed by atoms with Gasteiger partial charge in [0.15, 0.2) is 6.10 Å². The topological polar surface area (TPSA) is 72.8 Å². The van der Waals surface area contributed by atoms with Crippen molar-refractivity contribution in [1.82, 2.24) is 0 Å². The Hall–Kier alpha value is -1.36. The molecule has 0 saturated carbocycles. The molecule has 0 spiro atoms. The fraction of sp³-hybridized carbons (Fsp3) is 0.922. The summed E-state index contributed by atoms with van der Waals surface area (Å²) in [6.07, 6.45) is 57.6. The second-order valence-corrected chi connectivity index (χ2v) is 17.3. The summed E-state index contributed by atoms with van der Waals surface area (Å²) in [6.45, 7) is 4.14. The quantitative estimate of drug-likeness (QED) is 0.0378. The fourth-order valence-corrected chi connectivity index (χ4v) is 7.73. The zero-order valence-corrected chi connectivity index (χ0v) is 37.9. The van der Waals surface area contributed by atoms with Crippen LogP contribution in [0.3, 0.4) is 0 Å². The van der Waals surface area contributed by atoms with Gasteiger partial charge in [0.2, 0.25) is 0 Å². The average molecular weight is 791 g/mol. The molecule has 0 aliphatic rings. The molecule has 1 unspecified atom stereocenters. The number of hydrogen-bond acceptors (Lipinski definition) is 5. The van der Waals surface area contributed by atoms with Crippen LogP contribution in [-0.2, 0) is 19.1 Å². The van der Waals surface area contributed by atoms with Gasteiger partial charge in [-0.1, -0.05) is 244 Å². The van der Waals surface area contributed by atoms with Crippen molar-refractivity contribution in [1.29, 1.82) is 0 Å². The second kappa shape index (κ2) is 48.0. The van der Waals surface area contributed by atoms with E-state index in [0.29, 0.717) is 12.8 Å². The summed E-state index contributed by atoms with van der Waals surface area (Å²) in [4.78, 5) is 24.3. The normalized spacial score (nSPS) is 12.1. The van der Waals surface area contributed by atoms with E-state index in [1.807, 2.05) is 0 Å². The molecular formula is C51H98O5. The SMILES string of the molecule is CCCCC/C=C\CCCCCCCC(=O)OC(CO)COC(=O)CCCCCCCCCCCCCCCCCCCCCCCCCCCCCCCC. The Labute approximate surface area is 350 Å². The Balaban J connectivity index is 3.37.